The minimum Gasteiger partial charge on any atom is -0.326 e. The van der Waals surface area contributed by atoms with E-state index in [0.29, 0.717) is 0 Å². The third-order valence-corrected chi connectivity index (χ3v) is 2.55. The van der Waals surface area contributed by atoms with Gasteiger partial charge in [-0.25, -0.2) is 0 Å². The van der Waals surface area contributed by atoms with Crippen molar-refractivity contribution in [1.29, 1.82) is 5.39 Å². The quantitative estimate of drug-likeness (QED) is 0.601. The molecule has 0 unspecified atom stereocenters. The summed E-state index contributed by atoms with van der Waals surface area (Å²) in [7, 11) is -4.51. The zero-order valence-electron chi connectivity index (χ0n) is 8.21. The smallest absolute Gasteiger partial charge is 0.326 e. The van der Waals surface area contributed by atoms with Crippen molar-refractivity contribution >= 4 is 27.4 Å². The lowest BCUT2D eigenvalue weighted by molar-refractivity contribution is -0.114. The first kappa shape index (κ1) is 12.1. The fraction of sp³-hybridized carbons (Fsp3) is 0.125. The van der Waals surface area contributed by atoms with Gasteiger partial charge in [-0.15, -0.1) is 0 Å². The van der Waals surface area contributed by atoms with Crippen molar-refractivity contribution in [2.45, 2.75) is 11.8 Å². The maximum absolute atomic E-state index is 10.9. The predicted molar refractivity (Wildman–Crippen MR) is 55.3 cm³/mol. The van der Waals surface area contributed by atoms with Gasteiger partial charge in [-0.1, -0.05) is 0 Å². The van der Waals surface area contributed by atoms with Crippen molar-refractivity contribution < 1.29 is 17.8 Å². The molecule has 0 saturated heterocycles. The number of nitrogens with one attached hydrogen (secondary N) is 1. The molecule has 0 saturated carbocycles. The molecule has 0 fully saturated rings. The minimum atomic E-state index is -4.51. The Labute approximate surface area is 91.5 Å². The molecular formula is C8H8N3O4S+. The van der Waals surface area contributed by atoms with Gasteiger partial charge in [0.25, 0.3) is 0 Å². The van der Waals surface area contributed by atoms with Crippen molar-refractivity contribution in [3.8, 4) is 0 Å². The molecule has 7 nitrogen and oxygen atoms in total. The summed E-state index contributed by atoms with van der Waals surface area (Å²) in [6.45, 7) is 1.25. The highest BCUT2D eigenvalue weighted by atomic mass is 32.2. The van der Waals surface area contributed by atoms with Crippen LogP contribution in [0.5, 0.6) is 0 Å². The van der Waals surface area contributed by atoms with E-state index in [2.05, 4.69) is 10.3 Å². The van der Waals surface area contributed by atoms with Gasteiger partial charge in [-0.05, 0) is 12.1 Å². The Bertz CT molecular complexity index is 573. The molecule has 2 N–H and O–H groups in total. The average molecular weight is 242 g/mol. The van der Waals surface area contributed by atoms with E-state index in [0.717, 1.165) is 12.1 Å². The number of carbonyl (C=O) groups excluding carboxylic acids is 1. The number of hydrogen-bond acceptors (Lipinski definition) is 4. The van der Waals surface area contributed by atoms with E-state index in [1.54, 1.807) is 0 Å². The van der Waals surface area contributed by atoms with Crippen LogP contribution >= 0.6 is 0 Å². The maximum Gasteiger partial charge on any atom is 0.406 e. The van der Waals surface area contributed by atoms with Crippen LogP contribution in [0.4, 0.5) is 11.4 Å². The van der Waals surface area contributed by atoms with Crippen molar-refractivity contribution in [3.63, 3.8) is 0 Å². The number of carbonyl (C=O) groups is 1. The Morgan fingerprint density at radius 2 is 2.12 bits per heavy atom. The number of diazo groups is 1. The predicted octanol–water partition coefficient (Wildman–Crippen LogP) is 1.38. The second kappa shape index (κ2) is 4.26. The lowest BCUT2D eigenvalue weighted by Gasteiger charge is -2.01. The Balaban J connectivity index is 3.35. The van der Waals surface area contributed by atoms with E-state index >= 15 is 0 Å². The van der Waals surface area contributed by atoms with Gasteiger partial charge < -0.3 is 5.32 Å². The summed E-state index contributed by atoms with van der Waals surface area (Å²) >= 11 is 0. The van der Waals surface area contributed by atoms with Gasteiger partial charge in [0.2, 0.25) is 11.3 Å². The van der Waals surface area contributed by atoms with E-state index in [9.17, 15) is 13.2 Å². The van der Waals surface area contributed by atoms with Gasteiger partial charge in [0.15, 0.2) is 9.87 Å². The van der Waals surface area contributed by atoms with Crippen LogP contribution in [0.15, 0.2) is 23.1 Å². The zero-order valence-corrected chi connectivity index (χ0v) is 9.02. The molecule has 8 heteroatoms. The summed E-state index contributed by atoms with van der Waals surface area (Å²) < 4.78 is 30.7. The number of benzene rings is 1. The van der Waals surface area contributed by atoms with Crippen molar-refractivity contribution in [2.75, 3.05) is 5.32 Å². The van der Waals surface area contributed by atoms with Crippen LogP contribution in [0, 0.1) is 5.39 Å². The topological polar surface area (TPSA) is 112 Å². The molecule has 0 bridgehead atoms. The van der Waals surface area contributed by atoms with Crippen LogP contribution in [0.2, 0.25) is 0 Å². The Kier molecular flexibility index (Phi) is 3.22. The highest BCUT2D eigenvalue weighted by Gasteiger charge is 2.24. The summed E-state index contributed by atoms with van der Waals surface area (Å²) in [5.74, 6) is -0.394. The fourth-order valence-corrected chi connectivity index (χ4v) is 1.73. The van der Waals surface area contributed by atoms with Crippen molar-refractivity contribution in [2.24, 2.45) is 0 Å². The van der Waals surface area contributed by atoms with Crippen LogP contribution < -0.4 is 5.32 Å². The van der Waals surface area contributed by atoms with Crippen LogP contribution in [-0.4, -0.2) is 18.9 Å². The van der Waals surface area contributed by atoms with Gasteiger partial charge in [0, 0.05) is 18.7 Å². The first-order valence-electron chi connectivity index (χ1n) is 4.09. The average Bonchev–Trinajstić information content (AvgIpc) is 2.15. The van der Waals surface area contributed by atoms with Crippen LogP contribution in [0.25, 0.3) is 4.98 Å². The third-order valence-electron chi connectivity index (χ3n) is 1.67. The summed E-state index contributed by atoms with van der Waals surface area (Å²) in [6.07, 6.45) is 0. The first-order valence-corrected chi connectivity index (χ1v) is 5.53. The van der Waals surface area contributed by atoms with Gasteiger partial charge >= 0.3 is 15.8 Å². The summed E-state index contributed by atoms with van der Waals surface area (Å²) in [5.41, 5.74) is -0.135. The molecule has 1 rings (SSSR count). The zero-order chi connectivity index (χ0) is 12.3. The molecule has 1 aromatic carbocycles. The highest BCUT2D eigenvalue weighted by molar-refractivity contribution is 7.86. The number of nitrogens with zero attached hydrogens (tertiary/aromatic N) is 2. The van der Waals surface area contributed by atoms with Gasteiger partial charge in [-0.3, -0.25) is 9.35 Å². The van der Waals surface area contributed by atoms with E-state index in [1.165, 1.54) is 13.0 Å². The molecule has 0 aliphatic heterocycles. The molecule has 0 radical (unpaired) electrons. The SMILES string of the molecule is CC(=O)Nc1ccc([N+]#N)c(S(=O)(=O)O)c1. The normalized spacial score (nSPS) is 10.6. The second-order valence-electron chi connectivity index (χ2n) is 2.94. The van der Waals surface area contributed by atoms with E-state index in [-0.39, 0.29) is 11.4 Å². The van der Waals surface area contributed by atoms with Crippen molar-refractivity contribution in [1.82, 2.24) is 0 Å². The minimum absolute atomic E-state index is 0.174. The monoisotopic (exact) mass is 242 g/mol. The van der Waals surface area contributed by atoms with Gasteiger partial charge in [0.1, 0.15) is 0 Å². The van der Waals surface area contributed by atoms with E-state index in [4.69, 9.17) is 9.95 Å². The molecule has 16 heavy (non-hydrogen) atoms. The molecule has 0 aliphatic rings. The van der Waals surface area contributed by atoms with E-state index < -0.39 is 20.9 Å². The van der Waals surface area contributed by atoms with Crippen LogP contribution in [-0.2, 0) is 14.9 Å². The van der Waals surface area contributed by atoms with Crippen LogP contribution in [0.1, 0.15) is 6.92 Å². The lowest BCUT2D eigenvalue weighted by atomic mass is 10.3. The maximum atomic E-state index is 10.9. The molecule has 0 aliphatic carbocycles. The largest absolute Gasteiger partial charge is 0.406 e. The summed E-state index contributed by atoms with van der Waals surface area (Å²) in [4.78, 5) is 12.9. The second-order valence-corrected chi connectivity index (χ2v) is 4.33. The molecule has 1 aromatic rings. The van der Waals surface area contributed by atoms with Crippen molar-refractivity contribution in [3.05, 3.63) is 23.2 Å². The molecule has 0 atom stereocenters. The number of rotatable bonds is 2. The molecule has 0 heterocycles. The third kappa shape index (κ3) is 2.75. The Morgan fingerprint density at radius 1 is 1.50 bits per heavy atom. The standard InChI is InChI=1S/C8H7N3O4S/c1-5(12)10-6-2-3-7(11-9)8(4-6)16(13,14)15/h2-4H,1H3,(H-,10,12,13,14,15)/p+1. The molecule has 0 aromatic heterocycles. The number of anilines is 1. The van der Waals surface area contributed by atoms with Gasteiger partial charge in [0.05, 0.1) is 0 Å². The van der Waals surface area contributed by atoms with E-state index in [1.807, 2.05) is 0 Å². The van der Waals surface area contributed by atoms with Gasteiger partial charge in [-0.2, -0.15) is 8.42 Å². The summed E-state index contributed by atoms with van der Waals surface area (Å²) in [5, 5.41) is 10.8. The molecular weight excluding hydrogens is 234 g/mol. The van der Waals surface area contributed by atoms with Crippen LogP contribution in [0.3, 0.4) is 0 Å². The lowest BCUT2D eigenvalue weighted by Crippen LogP contribution is -2.07. The molecule has 0 spiro atoms. The molecule has 1 amide bonds. The Hall–Kier alpha value is -1.98. The number of hydrogen-bond donors (Lipinski definition) is 2. The number of amides is 1. The first-order chi connectivity index (χ1) is 7.34. The summed E-state index contributed by atoms with van der Waals surface area (Å²) in [6, 6.07) is 3.48. The Morgan fingerprint density at radius 3 is 2.56 bits per heavy atom. The fourth-order valence-electron chi connectivity index (χ4n) is 1.08. The molecule has 84 valence electrons. The highest BCUT2D eigenvalue weighted by Crippen LogP contribution is 2.27.